The van der Waals surface area contributed by atoms with Crippen LogP contribution in [-0.2, 0) is 26.3 Å². The third kappa shape index (κ3) is 4.62. The first-order valence-corrected chi connectivity index (χ1v) is 10.9. The minimum atomic E-state index is -3.18. The Morgan fingerprint density at radius 3 is 2.33 bits per heavy atom. The summed E-state index contributed by atoms with van der Waals surface area (Å²) in [5, 5.41) is 1.03. The average molecular weight is 387 g/mol. The van der Waals surface area contributed by atoms with Crippen molar-refractivity contribution in [3.05, 3.63) is 65.9 Å². The van der Waals surface area contributed by atoms with E-state index in [1.807, 2.05) is 56.4 Å². The van der Waals surface area contributed by atoms with Gasteiger partial charge in [-0.3, -0.25) is 4.57 Å². The Kier molecular flexibility index (Phi) is 6.38. The summed E-state index contributed by atoms with van der Waals surface area (Å²) >= 11 is 0. The van der Waals surface area contributed by atoms with Crippen molar-refractivity contribution < 1.29 is 18.3 Å². The molecule has 0 amide bonds. The van der Waals surface area contributed by atoms with Gasteiger partial charge in [-0.2, -0.15) is 0 Å². The lowest BCUT2D eigenvalue weighted by molar-refractivity contribution is 0.219. The fourth-order valence-electron chi connectivity index (χ4n) is 3.24. The number of fused-ring (bicyclic) bond motifs is 1. The van der Waals surface area contributed by atoms with Crippen molar-refractivity contribution in [1.29, 1.82) is 0 Å². The molecule has 0 saturated carbocycles. The van der Waals surface area contributed by atoms with E-state index in [2.05, 4.69) is 16.7 Å². The number of rotatable bonds is 9. The molecule has 0 aliphatic carbocycles. The van der Waals surface area contributed by atoms with E-state index < -0.39 is 7.60 Å². The molecule has 5 nitrogen and oxygen atoms in total. The van der Waals surface area contributed by atoms with Gasteiger partial charge in [0.2, 0.25) is 0 Å². The molecule has 1 heterocycles. The van der Waals surface area contributed by atoms with E-state index in [4.69, 9.17) is 13.8 Å². The van der Waals surface area contributed by atoms with Crippen LogP contribution in [0.3, 0.4) is 0 Å². The van der Waals surface area contributed by atoms with Crippen molar-refractivity contribution in [3.63, 3.8) is 0 Å². The zero-order valence-electron chi connectivity index (χ0n) is 16.1. The second-order valence-corrected chi connectivity index (χ2v) is 8.31. The Hall–Kier alpha value is -2.07. The fraction of sp³-hybridized carbons (Fsp3) is 0.333. The second-order valence-electron chi connectivity index (χ2n) is 6.26. The van der Waals surface area contributed by atoms with Crippen LogP contribution in [0, 0.1) is 0 Å². The van der Waals surface area contributed by atoms with Gasteiger partial charge in [0.15, 0.2) is 0 Å². The topological polar surface area (TPSA) is 49.7 Å². The standard InChI is InChI=1S/C21H26NO4P/c1-4-25-27(23,26-5-2)16-18-15-22(14-17-9-7-6-8-10-17)21-13-19(24-3)11-12-20(18)21/h6-13,15H,4-5,14,16H2,1-3H3. The molecular weight excluding hydrogens is 361 g/mol. The molecule has 3 rings (SSSR count). The third-order valence-corrected chi connectivity index (χ3v) is 6.41. The predicted octanol–water partition coefficient (Wildman–Crippen LogP) is 5.46. The van der Waals surface area contributed by atoms with E-state index in [-0.39, 0.29) is 6.16 Å². The Balaban J connectivity index is 2.03. The van der Waals surface area contributed by atoms with Crippen LogP contribution in [0.25, 0.3) is 10.9 Å². The average Bonchev–Trinajstić information content (AvgIpc) is 2.99. The zero-order chi connectivity index (χ0) is 19.3. The molecule has 144 valence electrons. The number of hydrogen-bond acceptors (Lipinski definition) is 4. The maximum atomic E-state index is 13.0. The number of methoxy groups -OCH3 is 1. The molecule has 0 radical (unpaired) electrons. The summed E-state index contributed by atoms with van der Waals surface area (Å²) in [7, 11) is -1.52. The molecule has 27 heavy (non-hydrogen) atoms. The lowest BCUT2D eigenvalue weighted by atomic mass is 10.2. The van der Waals surface area contributed by atoms with Crippen LogP contribution >= 0.6 is 7.60 Å². The summed E-state index contributed by atoms with van der Waals surface area (Å²) in [6, 6.07) is 16.2. The van der Waals surface area contributed by atoms with Gasteiger partial charge < -0.3 is 18.4 Å². The summed E-state index contributed by atoms with van der Waals surface area (Å²) in [6.45, 7) is 5.09. The minimum Gasteiger partial charge on any atom is -0.497 e. The lowest BCUT2D eigenvalue weighted by Crippen LogP contribution is -1.99. The molecule has 0 N–H and O–H groups in total. The van der Waals surface area contributed by atoms with Crippen LogP contribution in [0.15, 0.2) is 54.7 Å². The van der Waals surface area contributed by atoms with Crippen LogP contribution in [0.2, 0.25) is 0 Å². The van der Waals surface area contributed by atoms with Crippen LogP contribution in [0.5, 0.6) is 5.75 Å². The van der Waals surface area contributed by atoms with Crippen LogP contribution < -0.4 is 4.74 Å². The lowest BCUT2D eigenvalue weighted by Gasteiger charge is -2.16. The molecule has 0 bridgehead atoms. The highest BCUT2D eigenvalue weighted by molar-refractivity contribution is 7.53. The highest BCUT2D eigenvalue weighted by Crippen LogP contribution is 2.52. The Morgan fingerprint density at radius 1 is 1.00 bits per heavy atom. The minimum absolute atomic E-state index is 0.249. The van der Waals surface area contributed by atoms with Gasteiger partial charge in [-0.25, -0.2) is 0 Å². The molecule has 0 aliphatic rings. The summed E-state index contributed by atoms with van der Waals surface area (Å²) in [4.78, 5) is 0. The molecule has 6 heteroatoms. The zero-order valence-corrected chi connectivity index (χ0v) is 16.9. The van der Waals surface area contributed by atoms with Crippen molar-refractivity contribution in [3.8, 4) is 5.75 Å². The fourth-order valence-corrected chi connectivity index (χ4v) is 4.96. The van der Waals surface area contributed by atoms with Crippen molar-refractivity contribution in [1.82, 2.24) is 4.57 Å². The van der Waals surface area contributed by atoms with Gasteiger partial charge in [0.25, 0.3) is 0 Å². The number of aromatic nitrogens is 1. The summed E-state index contributed by atoms with van der Waals surface area (Å²) in [5.41, 5.74) is 3.18. The largest absolute Gasteiger partial charge is 0.497 e. The predicted molar refractivity (Wildman–Crippen MR) is 109 cm³/mol. The molecule has 3 aromatic rings. The number of ether oxygens (including phenoxy) is 1. The smallest absolute Gasteiger partial charge is 0.335 e. The monoisotopic (exact) mass is 387 g/mol. The number of benzene rings is 2. The van der Waals surface area contributed by atoms with Crippen LogP contribution in [0.1, 0.15) is 25.0 Å². The third-order valence-electron chi connectivity index (χ3n) is 4.38. The molecule has 0 fully saturated rings. The first-order valence-electron chi connectivity index (χ1n) is 9.16. The van der Waals surface area contributed by atoms with Crippen molar-refractivity contribution in [2.24, 2.45) is 0 Å². The maximum Gasteiger partial charge on any atom is 0.335 e. The Bertz CT molecular complexity index is 926. The van der Waals surface area contributed by atoms with Gasteiger partial charge >= 0.3 is 7.60 Å². The molecule has 0 atom stereocenters. The molecule has 0 spiro atoms. The summed E-state index contributed by atoms with van der Waals surface area (Å²) < 4.78 is 31.6. The second kappa shape index (κ2) is 8.75. The first kappa shape index (κ1) is 19.7. The molecule has 2 aromatic carbocycles. The molecule has 0 saturated heterocycles. The van der Waals surface area contributed by atoms with E-state index >= 15 is 0 Å². The van der Waals surface area contributed by atoms with Gasteiger partial charge in [-0.05, 0) is 37.1 Å². The number of hydrogen-bond donors (Lipinski definition) is 0. The van der Waals surface area contributed by atoms with Gasteiger partial charge in [0.05, 0.1) is 32.0 Å². The van der Waals surface area contributed by atoms with Gasteiger partial charge in [0, 0.05) is 24.2 Å². The van der Waals surface area contributed by atoms with E-state index in [0.29, 0.717) is 13.2 Å². The van der Waals surface area contributed by atoms with Crippen molar-refractivity contribution in [2.75, 3.05) is 20.3 Å². The molecule has 0 unspecified atom stereocenters. The van der Waals surface area contributed by atoms with Gasteiger partial charge in [-0.15, -0.1) is 0 Å². The Morgan fingerprint density at radius 2 is 1.70 bits per heavy atom. The SMILES string of the molecule is CCOP(=O)(Cc1cn(Cc2ccccc2)c2cc(OC)ccc12)OCC. The highest BCUT2D eigenvalue weighted by atomic mass is 31.2. The molecular formula is C21H26NO4P. The number of nitrogens with zero attached hydrogens (tertiary/aromatic N) is 1. The highest BCUT2D eigenvalue weighted by Gasteiger charge is 2.26. The quantitative estimate of drug-likeness (QED) is 0.457. The Labute approximate surface area is 160 Å². The molecule has 1 aromatic heterocycles. The molecule has 0 aliphatic heterocycles. The van der Waals surface area contributed by atoms with Crippen LogP contribution in [0.4, 0.5) is 0 Å². The van der Waals surface area contributed by atoms with E-state index in [1.165, 1.54) is 5.56 Å². The first-order chi connectivity index (χ1) is 13.1. The van der Waals surface area contributed by atoms with E-state index in [0.717, 1.165) is 28.8 Å². The van der Waals surface area contributed by atoms with Gasteiger partial charge in [-0.1, -0.05) is 30.3 Å². The summed E-state index contributed by atoms with van der Waals surface area (Å²) in [6.07, 6.45) is 2.29. The van der Waals surface area contributed by atoms with Crippen molar-refractivity contribution >= 4 is 18.5 Å². The van der Waals surface area contributed by atoms with E-state index in [9.17, 15) is 4.57 Å². The maximum absolute atomic E-state index is 13.0. The van der Waals surface area contributed by atoms with E-state index in [1.54, 1.807) is 7.11 Å². The normalized spacial score (nSPS) is 11.8. The van der Waals surface area contributed by atoms with Crippen LogP contribution in [-0.4, -0.2) is 24.9 Å². The summed E-state index contributed by atoms with van der Waals surface area (Å²) in [5.74, 6) is 0.791. The van der Waals surface area contributed by atoms with Gasteiger partial charge in [0.1, 0.15) is 5.75 Å². The van der Waals surface area contributed by atoms with Crippen molar-refractivity contribution in [2.45, 2.75) is 26.6 Å².